The topological polar surface area (TPSA) is 73.5 Å². The average Bonchev–Trinajstić information content (AvgIpc) is 3.63. The van der Waals surface area contributed by atoms with Crippen LogP contribution < -0.4 is 0 Å². The van der Waals surface area contributed by atoms with E-state index in [0.29, 0.717) is 11.5 Å². The second-order valence-corrected chi connectivity index (χ2v) is 10.6. The first kappa shape index (κ1) is 25.1. The average molecular weight is 544 g/mol. The van der Waals surface area contributed by atoms with Gasteiger partial charge in [0.2, 0.25) is 0 Å². The van der Waals surface area contributed by atoms with E-state index in [1.54, 1.807) is 0 Å². The Bertz CT molecular complexity index is 1840. The van der Waals surface area contributed by atoms with E-state index in [4.69, 9.17) is 4.84 Å². The molecule has 7 nitrogen and oxygen atoms in total. The molecule has 2 aromatic heterocycles. The van der Waals surface area contributed by atoms with E-state index >= 15 is 0 Å². The summed E-state index contributed by atoms with van der Waals surface area (Å²) in [6.45, 7) is 0.798. The van der Waals surface area contributed by atoms with Crippen LogP contribution in [0.5, 0.6) is 0 Å². The molecule has 1 fully saturated rings. The van der Waals surface area contributed by atoms with Crippen molar-refractivity contribution in [2.75, 3.05) is 0 Å². The molecule has 204 valence electrons. The second-order valence-electron chi connectivity index (χ2n) is 10.6. The van der Waals surface area contributed by atoms with E-state index in [9.17, 15) is 14.4 Å². The lowest BCUT2D eigenvalue weighted by atomic mass is 10.1. The Balaban J connectivity index is 1.21. The number of unbranched alkanes of at least 4 members (excludes halogenated alkanes) is 1. The number of aromatic nitrogens is 2. The van der Waals surface area contributed by atoms with Gasteiger partial charge >= 0.3 is 5.97 Å². The van der Waals surface area contributed by atoms with Crippen molar-refractivity contribution in [3.05, 3.63) is 97.1 Å². The molecule has 6 aromatic rings. The number of fused-ring (bicyclic) bond motifs is 6. The largest absolute Gasteiger partial charge is 0.355 e. The maximum atomic E-state index is 13.8. The first-order valence-electron chi connectivity index (χ1n) is 14.1. The Morgan fingerprint density at radius 1 is 0.634 bits per heavy atom. The highest BCUT2D eigenvalue weighted by atomic mass is 16.7. The SMILES string of the molecule is O=C(ON1C(=O)CCC1=O)C(CCCCn1c2ccccc2c2ccccc21)n1c2ccccc2c2ccccc21. The maximum Gasteiger partial charge on any atom is 0.355 e. The lowest BCUT2D eigenvalue weighted by molar-refractivity contribution is -0.200. The summed E-state index contributed by atoms with van der Waals surface area (Å²) in [4.78, 5) is 43.8. The monoisotopic (exact) mass is 543 g/mol. The summed E-state index contributed by atoms with van der Waals surface area (Å²) >= 11 is 0. The molecule has 7 rings (SSSR count). The van der Waals surface area contributed by atoms with Crippen molar-refractivity contribution in [2.24, 2.45) is 0 Å². The molecule has 2 amide bonds. The summed E-state index contributed by atoms with van der Waals surface area (Å²) in [6, 6.07) is 32.1. The summed E-state index contributed by atoms with van der Waals surface area (Å²) in [6.07, 6.45) is 2.19. The molecule has 7 heteroatoms. The minimum Gasteiger partial charge on any atom is -0.340 e. The van der Waals surface area contributed by atoms with Gasteiger partial charge in [-0.15, -0.1) is 5.06 Å². The quantitative estimate of drug-likeness (QED) is 0.154. The molecule has 0 radical (unpaired) electrons. The lowest BCUT2D eigenvalue weighted by Crippen LogP contribution is -2.35. The minimum atomic E-state index is -0.709. The second kappa shape index (κ2) is 10.2. The molecule has 0 aliphatic carbocycles. The van der Waals surface area contributed by atoms with E-state index in [-0.39, 0.29) is 12.8 Å². The lowest BCUT2D eigenvalue weighted by Gasteiger charge is -2.22. The van der Waals surface area contributed by atoms with Crippen molar-refractivity contribution >= 4 is 61.4 Å². The minimum absolute atomic E-state index is 0.0605. The molecule has 1 unspecified atom stereocenters. The number of benzene rings is 4. The predicted molar refractivity (Wildman–Crippen MR) is 159 cm³/mol. The number of hydroxylamine groups is 2. The molecule has 1 saturated heterocycles. The van der Waals surface area contributed by atoms with Gasteiger partial charge in [-0.3, -0.25) is 9.59 Å². The molecule has 0 saturated carbocycles. The molecular weight excluding hydrogens is 514 g/mol. The van der Waals surface area contributed by atoms with Crippen LogP contribution in [0.2, 0.25) is 0 Å². The summed E-state index contributed by atoms with van der Waals surface area (Å²) in [7, 11) is 0. The first-order chi connectivity index (χ1) is 20.1. The fraction of sp³-hybridized carbons (Fsp3) is 0.206. The van der Waals surface area contributed by atoms with E-state index in [1.807, 2.05) is 53.1 Å². The first-order valence-corrected chi connectivity index (χ1v) is 14.1. The number of nitrogens with zero attached hydrogens (tertiary/aromatic N) is 3. The Morgan fingerprint density at radius 3 is 1.59 bits per heavy atom. The number of imide groups is 1. The Labute approximate surface area is 236 Å². The molecule has 1 atom stereocenters. The molecule has 0 spiro atoms. The van der Waals surface area contributed by atoms with Crippen LogP contribution in [0, 0.1) is 0 Å². The normalized spacial score (nSPS) is 14.6. The summed E-state index contributed by atoms with van der Waals surface area (Å²) in [5, 5.41) is 5.20. The molecule has 1 aliphatic rings. The van der Waals surface area contributed by atoms with Gasteiger partial charge in [-0.05, 0) is 43.5 Å². The molecule has 1 aliphatic heterocycles. The van der Waals surface area contributed by atoms with Gasteiger partial charge in [-0.25, -0.2) is 4.79 Å². The zero-order valence-corrected chi connectivity index (χ0v) is 22.5. The highest BCUT2D eigenvalue weighted by Crippen LogP contribution is 2.35. The van der Waals surface area contributed by atoms with Crippen LogP contribution in [-0.4, -0.2) is 32.0 Å². The number of hydrogen-bond donors (Lipinski definition) is 0. The number of para-hydroxylation sites is 4. The zero-order valence-electron chi connectivity index (χ0n) is 22.5. The van der Waals surface area contributed by atoms with Gasteiger partial charge in [-0.2, -0.15) is 0 Å². The molecule has 0 N–H and O–H groups in total. The van der Waals surface area contributed by atoms with E-state index < -0.39 is 23.8 Å². The number of carbonyl (C=O) groups excluding carboxylic acids is 3. The standard InChI is InChI=1S/C34H29N3O4/c38-32-20-21-33(39)37(32)41-34(40)31(36-29-17-7-3-13-25(29)26-14-4-8-18-30(26)36)19-9-10-22-35-27-15-5-1-11-23(27)24-12-2-6-16-28(24)35/h1-8,11-18,31H,9-10,19-22H2. The van der Waals surface area contributed by atoms with Crippen LogP contribution in [0.1, 0.15) is 38.1 Å². The van der Waals surface area contributed by atoms with Crippen LogP contribution in [0.15, 0.2) is 97.1 Å². The zero-order chi connectivity index (χ0) is 27.9. The highest BCUT2D eigenvalue weighted by molar-refractivity contribution is 6.09. The van der Waals surface area contributed by atoms with E-state index in [2.05, 4.69) is 53.1 Å². The molecule has 0 bridgehead atoms. The van der Waals surface area contributed by atoms with Crippen molar-refractivity contribution in [3.8, 4) is 0 Å². The number of rotatable bonds is 8. The molecule has 41 heavy (non-hydrogen) atoms. The molecule has 3 heterocycles. The fourth-order valence-electron chi connectivity index (χ4n) is 6.30. The van der Waals surface area contributed by atoms with Crippen molar-refractivity contribution in [2.45, 2.75) is 44.7 Å². The Hall–Kier alpha value is -4.91. The highest BCUT2D eigenvalue weighted by Gasteiger charge is 2.36. The van der Waals surface area contributed by atoms with Crippen molar-refractivity contribution < 1.29 is 19.2 Å². The molecular formula is C34H29N3O4. The van der Waals surface area contributed by atoms with Crippen molar-refractivity contribution in [1.82, 2.24) is 14.2 Å². The van der Waals surface area contributed by atoms with Crippen molar-refractivity contribution in [3.63, 3.8) is 0 Å². The van der Waals surface area contributed by atoms with Gasteiger partial charge in [0.1, 0.15) is 6.04 Å². The van der Waals surface area contributed by atoms with Gasteiger partial charge in [0.25, 0.3) is 11.8 Å². The Kier molecular flexibility index (Phi) is 6.27. The van der Waals surface area contributed by atoms with Gasteiger partial charge in [0.15, 0.2) is 0 Å². The smallest absolute Gasteiger partial charge is 0.340 e. The third-order valence-corrected chi connectivity index (χ3v) is 8.18. The Morgan fingerprint density at radius 2 is 1.07 bits per heavy atom. The van der Waals surface area contributed by atoms with Crippen LogP contribution in [0.3, 0.4) is 0 Å². The van der Waals surface area contributed by atoms with Crippen LogP contribution >= 0.6 is 0 Å². The van der Waals surface area contributed by atoms with Gasteiger partial charge in [0.05, 0.1) is 0 Å². The van der Waals surface area contributed by atoms with Crippen LogP contribution in [0.4, 0.5) is 0 Å². The maximum absolute atomic E-state index is 13.8. The van der Waals surface area contributed by atoms with Gasteiger partial charge in [-0.1, -0.05) is 72.8 Å². The van der Waals surface area contributed by atoms with E-state index in [0.717, 1.165) is 41.2 Å². The summed E-state index contributed by atoms with van der Waals surface area (Å²) in [5.41, 5.74) is 4.21. The van der Waals surface area contributed by atoms with Gasteiger partial charge < -0.3 is 14.0 Å². The summed E-state index contributed by atoms with van der Waals surface area (Å²) in [5.74, 6) is -1.55. The molecule has 4 aromatic carbocycles. The van der Waals surface area contributed by atoms with Crippen LogP contribution in [-0.2, 0) is 25.8 Å². The van der Waals surface area contributed by atoms with Crippen molar-refractivity contribution in [1.29, 1.82) is 0 Å². The third kappa shape index (κ3) is 4.25. The van der Waals surface area contributed by atoms with E-state index in [1.165, 1.54) is 21.8 Å². The predicted octanol–water partition coefficient (Wildman–Crippen LogP) is 6.92. The number of amides is 2. The number of carbonyl (C=O) groups is 3. The summed E-state index contributed by atoms with van der Waals surface area (Å²) < 4.78 is 4.36. The van der Waals surface area contributed by atoms with Crippen LogP contribution in [0.25, 0.3) is 43.6 Å². The fourth-order valence-corrected chi connectivity index (χ4v) is 6.30. The number of hydrogen-bond acceptors (Lipinski definition) is 4. The number of aryl methyl sites for hydroxylation is 1. The third-order valence-electron chi connectivity index (χ3n) is 8.18. The van der Waals surface area contributed by atoms with Gasteiger partial charge in [0, 0.05) is 63.0 Å².